The highest BCUT2D eigenvalue weighted by molar-refractivity contribution is 4.87. The summed E-state index contributed by atoms with van der Waals surface area (Å²) in [6.07, 6.45) is 3.75. The molecule has 5 heteroatoms. The summed E-state index contributed by atoms with van der Waals surface area (Å²) in [5, 5.41) is 7.86. The largest absolute Gasteiger partial charge is 0.424 e. The molecule has 0 spiro atoms. The molecule has 0 amide bonds. The Hall–Kier alpha value is -0.940. The Morgan fingerprint density at radius 2 is 2.25 bits per heavy atom. The van der Waals surface area contributed by atoms with Gasteiger partial charge in [0.1, 0.15) is 0 Å². The fraction of sp³-hybridized carbons (Fsp3) is 0.818. The average molecular weight is 224 g/mol. The molecule has 2 unspecified atom stereocenters. The highest BCUT2D eigenvalue weighted by Crippen LogP contribution is 2.29. The summed E-state index contributed by atoms with van der Waals surface area (Å²) in [5.41, 5.74) is 5.78. The summed E-state index contributed by atoms with van der Waals surface area (Å²) in [6.45, 7) is 3.31. The molecule has 1 aromatic rings. The predicted octanol–water partition coefficient (Wildman–Crippen LogP) is 0.937. The van der Waals surface area contributed by atoms with E-state index < -0.39 is 0 Å². The number of hydrogen-bond acceptors (Lipinski definition) is 5. The second-order valence-electron chi connectivity index (χ2n) is 4.62. The van der Waals surface area contributed by atoms with Crippen LogP contribution in [0.4, 0.5) is 0 Å². The number of aryl methyl sites for hydroxylation is 1. The minimum atomic E-state index is 0.567. The first-order valence-electron chi connectivity index (χ1n) is 5.90. The van der Waals surface area contributed by atoms with E-state index in [1.54, 1.807) is 0 Å². The van der Waals surface area contributed by atoms with E-state index in [1.165, 1.54) is 19.3 Å². The van der Waals surface area contributed by atoms with Crippen LogP contribution in [-0.4, -0.2) is 34.7 Å². The molecule has 0 bridgehead atoms. The summed E-state index contributed by atoms with van der Waals surface area (Å²) in [5.74, 6) is 1.95. The molecule has 1 aromatic heterocycles. The monoisotopic (exact) mass is 224 g/mol. The first-order chi connectivity index (χ1) is 7.70. The van der Waals surface area contributed by atoms with E-state index >= 15 is 0 Å². The van der Waals surface area contributed by atoms with Gasteiger partial charge in [0.15, 0.2) is 0 Å². The van der Waals surface area contributed by atoms with Crippen molar-refractivity contribution in [1.82, 2.24) is 15.1 Å². The zero-order valence-corrected chi connectivity index (χ0v) is 10.0. The van der Waals surface area contributed by atoms with Crippen molar-refractivity contribution >= 4 is 0 Å². The van der Waals surface area contributed by atoms with Gasteiger partial charge in [-0.1, -0.05) is 6.42 Å². The Balaban J connectivity index is 1.94. The smallest absolute Gasteiger partial charge is 0.230 e. The molecule has 2 N–H and O–H groups in total. The van der Waals surface area contributed by atoms with Crippen LogP contribution in [-0.2, 0) is 6.54 Å². The van der Waals surface area contributed by atoms with Crippen molar-refractivity contribution in [3.05, 3.63) is 11.8 Å². The number of rotatable bonds is 4. The van der Waals surface area contributed by atoms with E-state index in [9.17, 15) is 0 Å². The van der Waals surface area contributed by atoms with E-state index in [0.717, 1.165) is 13.1 Å². The van der Waals surface area contributed by atoms with Gasteiger partial charge in [0.05, 0.1) is 6.54 Å². The topological polar surface area (TPSA) is 68.2 Å². The van der Waals surface area contributed by atoms with Crippen LogP contribution in [0.1, 0.15) is 31.0 Å². The van der Waals surface area contributed by atoms with E-state index in [1.807, 2.05) is 6.92 Å². The van der Waals surface area contributed by atoms with Crippen LogP contribution in [0.25, 0.3) is 0 Å². The summed E-state index contributed by atoms with van der Waals surface area (Å²) in [4.78, 5) is 2.29. The minimum Gasteiger partial charge on any atom is -0.424 e. The first-order valence-corrected chi connectivity index (χ1v) is 5.90. The molecular weight excluding hydrogens is 204 g/mol. The van der Waals surface area contributed by atoms with Gasteiger partial charge in [0.2, 0.25) is 11.8 Å². The van der Waals surface area contributed by atoms with Gasteiger partial charge in [0.25, 0.3) is 0 Å². The zero-order chi connectivity index (χ0) is 11.5. The molecule has 2 rings (SSSR count). The Kier molecular flexibility index (Phi) is 3.56. The lowest BCUT2D eigenvalue weighted by molar-refractivity contribution is 0.176. The van der Waals surface area contributed by atoms with Gasteiger partial charge in [-0.25, -0.2) is 0 Å². The van der Waals surface area contributed by atoms with Crippen LogP contribution < -0.4 is 5.73 Å². The van der Waals surface area contributed by atoms with E-state index in [4.69, 9.17) is 10.2 Å². The third kappa shape index (κ3) is 2.41. The van der Waals surface area contributed by atoms with E-state index in [2.05, 4.69) is 22.1 Å². The predicted molar refractivity (Wildman–Crippen MR) is 60.7 cm³/mol. The normalized spacial score (nSPS) is 25.5. The third-order valence-corrected chi connectivity index (χ3v) is 3.44. The molecule has 2 atom stereocenters. The zero-order valence-electron chi connectivity index (χ0n) is 10.0. The van der Waals surface area contributed by atoms with Crippen molar-refractivity contribution < 1.29 is 4.42 Å². The maximum atomic E-state index is 5.78. The molecule has 16 heavy (non-hydrogen) atoms. The summed E-state index contributed by atoms with van der Waals surface area (Å²) >= 11 is 0. The van der Waals surface area contributed by atoms with Crippen LogP contribution in [0, 0.1) is 12.8 Å². The van der Waals surface area contributed by atoms with Crippen LogP contribution in [0.5, 0.6) is 0 Å². The molecule has 1 fully saturated rings. The van der Waals surface area contributed by atoms with Gasteiger partial charge in [-0.3, -0.25) is 4.90 Å². The SMILES string of the molecule is Cc1nnc(CN(C)C2CCCC2CN)o1. The Morgan fingerprint density at radius 1 is 1.44 bits per heavy atom. The van der Waals surface area contributed by atoms with Gasteiger partial charge >= 0.3 is 0 Å². The van der Waals surface area contributed by atoms with E-state index in [0.29, 0.717) is 23.7 Å². The van der Waals surface area contributed by atoms with Crippen LogP contribution in [0.2, 0.25) is 0 Å². The van der Waals surface area contributed by atoms with Crippen LogP contribution in [0.15, 0.2) is 4.42 Å². The Morgan fingerprint density at radius 3 is 2.88 bits per heavy atom. The van der Waals surface area contributed by atoms with Gasteiger partial charge in [0, 0.05) is 13.0 Å². The molecular formula is C11H20N4O. The first kappa shape index (κ1) is 11.5. The number of nitrogens with zero attached hydrogens (tertiary/aromatic N) is 3. The van der Waals surface area contributed by atoms with Crippen molar-refractivity contribution in [1.29, 1.82) is 0 Å². The van der Waals surface area contributed by atoms with Crippen molar-refractivity contribution in [2.45, 2.75) is 38.8 Å². The summed E-state index contributed by atoms with van der Waals surface area (Å²) in [6, 6.07) is 0.567. The molecule has 1 aliphatic carbocycles. The van der Waals surface area contributed by atoms with Crippen molar-refractivity contribution in [2.24, 2.45) is 11.7 Å². The fourth-order valence-electron chi connectivity index (χ4n) is 2.60. The van der Waals surface area contributed by atoms with Crippen LogP contribution in [0.3, 0.4) is 0 Å². The van der Waals surface area contributed by atoms with Gasteiger partial charge in [-0.05, 0) is 32.4 Å². The molecule has 1 saturated carbocycles. The molecule has 0 aliphatic heterocycles. The highest BCUT2D eigenvalue weighted by atomic mass is 16.4. The van der Waals surface area contributed by atoms with Gasteiger partial charge in [-0.2, -0.15) is 0 Å². The number of aromatic nitrogens is 2. The molecule has 5 nitrogen and oxygen atoms in total. The van der Waals surface area contributed by atoms with Gasteiger partial charge in [-0.15, -0.1) is 10.2 Å². The maximum Gasteiger partial charge on any atom is 0.230 e. The third-order valence-electron chi connectivity index (χ3n) is 3.44. The standard InChI is InChI=1S/C11H20N4O/c1-8-13-14-11(16-8)7-15(2)10-5-3-4-9(10)6-12/h9-10H,3-7,12H2,1-2H3. The summed E-state index contributed by atoms with van der Waals surface area (Å²) in [7, 11) is 2.11. The quantitative estimate of drug-likeness (QED) is 0.824. The molecule has 0 radical (unpaired) electrons. The highest BCUT2D eigenvalue weighted by Gasteiger charge is 2.29. The minimum absolute atomic E-state index is 0.567. The van der Waals surface area contributed by atoms with Crippen molar-refractivity contribution in [3.63, 3.8) is 0 Å². The average Bonchev–Trinajstić information content (AvgIpc) is 2.86. The Labute approximate surface area is 96.0 Å². The summed E-state index contributed by atoms with van der Waals surface area (Å²) < 4.78 is 5.39. The second-order valence-corrected chi connectivity index (χ2v) is 4.62. The molecule has 0 aromatic carbocycles. The maximum absolute atomic E-state index is 5.78. The molecule has 90 valence electrons. The Bertz CT molecular complexity index is 338. The van der Waals surface area contributed by atoms with Crippen molar-refractivity contribution in [3.8, 4) is 0 Å². The number of hydrogen-bond donors (Lipinski definition) is 1. The number of nitrogens with two attached hydrogens (primary N) is 1. The fourth-order valence-corrected chi connectivity index (χ4v) is 2.60. The van der Waals surface area contributed by atoms with Crippen molar-refractivity contribution in [2.75, 3.05) is 13.6 Å². The lowest BCUT2D eigenvalue weighted by atomic mass is 10.0. The molecule has 1 heterocycles. The lowest BCUT2D eigenvalue weighted by Gasteiger charge is -2.27. The molecule has 1 aliphatic rings. The van der Waals surface area contributed by atoms with E-state index in [-0.39, 0.29) is 0 Å². The lowest BCUT2D eigenvalue weighted by Crippen LogP contribution is -2.37. The van der Waals surface area contributed by atoms with Gasteiger partial charge < -0.3 is 10.2 Å². The second kappa shape index (κ2) is 4.93. The van der Waals surface area contributed by atoms with Crippen LogP contribution >= 0.6 is 0 Å². The molecule has 0 saturated heterocycles.